The van der Waals surface area contributed by atoms with Crippen molar-refractivity contribution in [3.05, 3.63) is 64.1 Å². The molecule has 0 fully saturated rings. The van der Waals surface area contributed by atoms with E-state index in [2.05, 4.69) is 58.6 Å². The third-order valence-corrected chi connectivity index (χ3v) is 4.13. The number of halogens is 1. The topological polar surface area (TPSA) is 26.0 Å². The van der Waals surface area contributed by atoms with Crippen LogP contribution < -0.4 is 5.73 Å². The van der Waals surface area contributed by atoms with Gasteiger partial charge in [0.1, 0.15) is 0 Å². The van der Waals surface area contributed by atoms with Gasteiger partial charge in [0.2, 0.25) is 0 Å². The first kappa shape index (κ1) is 13.7. The minimum atomic E-state index is 0.0511. The zero-order chi connectivity index (χ0) is 13.0. The zero-order valence-corrected chi connectivity index (χ0v) is 12.7. The summed E-state index contributed by atoms with van der Waals surface area (Å²) in [6, 6.07) is 16.8. The predicted octanol–water partition coefficient (Wildman–Crippen LogP) is 4.41. The molecule has 0 spiro atoms. The Morgan fingerprint density at radius 3 is 2.50 bits per heavy atom. The van der Waals surface area contributed by atoms with Crippen LogP contribution in [0.1, 0.15) is 17.2 Å². The summed E-state index contributed by atoms with van der Waals surface area (Å²) in [5, 5.41) is 0. The third-order valence-electron chi connectivity index (χ3n) is 2.89. The van der Waals surface area contributed by atoms with E-state index >= 15 is 0 Å². The van der Waals surface area contributed by atoms with Crippen molar-refractivity contribution in [1.29, 1.82) is 0 Å². The summed E-state index contributed by atoms with van der Waals surface area (Å²) in [7, 11) is 0. The summed E-state index contributed by atoms with van der Waals surface area (Å²) in [5.74, 6) is 0. The Hall–Kier alpha value is -0.770. The van der Waals surface area contributed by atoms with Gasteiger partial charge in [-0.15, -0.1) is 11.8 Å². The number of hydrogen-bond acceptors (Lipinski definition) is 2. The van der Waals surface area contributed by atoms with Crippen LogP contribution >= 0.6 is 27.7 Å². The smallest absolute Gasteiger partial charge is 0.0335 e. The van der Waals surface area contributed by atoms with Gasteiger partial charge in [0.15, 0.2) is 0 Å². The first-order valence-corrected chi connectivity index (χ1v) is 7.85. The Balaban J connectivity index is 2.09. The van der Waals surface area contributed by atoms with Crippen LogP contribution in [0.25, 0.3) is 0 Å². The highest BCUT2D eigenvalue weighted by Gasteiger charge is 2.07. The van der Waals surface area contributed by atoms with Crippen molar-refractivity contribution in [3.63, 3.8) is 0 Å². The molecule has 2 aromatic rings. The molecular weight excluding hydrogens is 306 g/mol. The molecule has 0 heterocycles. The van der Waals surface area contributed by atoms with Gasteiger partial charge in [-0.2, -0.15) is 0 Å². The molecule has 0 aromatic heterocycles. The molecule has 0 radical (unpaired) electrons. The molecule has 1 atom stereocenters. The molecule has 1 unspecified atom stereocenters. The Labute approximate surface area is 121 Å². The summed E-state index contributed by atoms with van der Waals surface area (Å²) in [4.78, 5) is 1.27. The molecule has 0 saturated carbocycles. The van der Waals surface area contributed by atoms with Gasteiger partial charge in [0, 0.05) is 15.4 Å². The standard InChI is InChI=1S/C15H16BrNS/c1-18-14-7-5-12(6-8-14)15(17)10-11-3-2-4-13(16)9-11/h2-9,15H,10,17H2,1H3. The van der Waals surface area contributed by atoms with Crippen LogP contribution in [-0.4, -0.2) is 6.26 Å². The maximum atomic E-state index is 6.25. The lowest BCUT2D eigenvalue weighted by Crippen LogP contribution is -2.13. The largest absolute Gasteiger partial charge is 0.324 e. The van der Waals surface area contributed by atoms with Crippen LogP contribution in [0, 0.1) is 0 Å². The summed E-state index contributed by atoms with van der Waals surface area (Å²) in [5.41, 5.74) is 8.69. The van der Waals surface area contributed by atoms with Gasteiger partial charge in [0.25, 0.3) is 0 Å². The van der Waals surface area contributed by atoms with Gasteiger partial charge in [0.05, 0.1) is 0 Å². The zero-order valence-electron chi connectivity index (χ0n) is 10.3. The first-order valence-electron chi connectivity index (χ1n) is 5.83. The molecule has 2 N–H and O–H groups in total. The first-order chi connectivity index (χ1) is 8.69. The summed E-state index contributed by atoms with van der Waals surface area (Å²) in [6.07, 6.45) is 2.94. The Morgan fingerprint density at radius 2 is 1.89 bits per heavy atom. The second kappa shape index (κ2) is 6.41. The molecule has 0 saturated heterocycles. The maximum absolute atomic E-state index is 6.25. The van der Waals surface area contributed by atoms with Crippen molar-refractivity contribution in [1.82, 2.24) is 0 Å². The molecule has 0 aliphatic rings. The fourth-order valence-electron chi connectivity index (χ4n) is 1.89. The van der Waals surface area contributed by atoms with Crippen LogP contribution in [0.3, 0.4) is 0 Å². The van der Waals surface area contributed by atoms with Crippen molar-refractivity contribution in [3.8, 4) is 0 Å². The van der Waals surface area contributed by atoms with E-state index in [1.807, 2.05) is 12.1 Å². The van der Waals surface area contributed by atoms with Crippen LogP contribution in [0.5, 0.6) is 0 Å². The van der Waals surface area contributed by atoms with Crippen molar-refractivity contribution in [2.24, 2.45) is 5.73 Å². The Morgan fingerprint density at radius 1 is 1.17 bits per heavy atom. The quantitative estimate of drug-likeness (QED) is 0.844. The molecule has 1 nitrogen and oxygen atoms in total. The van der Waals surface area contributed by atoms with E-state index in [1.54, 1.807) is 11.8 Å². The molecule has 0 bridgehead atoms. The number of rotatable bonds is 4. The van der Waals surface area contributed by atoms with Crippen molar-refractivity contribution in [2.45, 2.75) is 17.4 Å². The monoisotopic (exact) mass is 321 g/mol. The van der Waals surface area contributed by atoms with Gasteiger partial charge in [-0.1, -0.05) is 40.2 Å². The maximum Gasteiger partial charge on any atom is 0.0335 e. The molecular formula is C15H16BrNS. The molecule has 0 aliphatic carbocycles. The molecule has 2 rings (SSSR count). The average molecular weight is 322 g/mol. The summed E-state index contributed by atoms with van der Waals surface area (Å²) in [6.45, 7) is 0. The van der Waals surface area contributed by atoms with E-state index in [0.717, 1.165) is 10.9 Å². The van der Waals surface area contributed by atoms with Gasteiger partial charge < -0.3 is 5.73 Å². The molecule has 18 heavy (non-hydrogen) atoms. The summed E-state index contributed by atoms with van der Waals surface area (Å²) < 4.78 is 1.10. The Bertz CT molecular complexity index is 510. The fraction of sp³-hybridized carbons (Fsp3) is 0.200. The third kappa shape index (κ3) is 3.61. The lowest BCUT2D eigenvalue weighted by molar-refractivity contribution is 0.721. The molecule has 3 heteroatoms. The number of nitrogens with two attached hydrogens (primary N) is 1. The van der Waals surface area contributed by atoms with Crippen LogP contribution in [0.15, 0.2) is 57.9 Å². The van der Waals surface area contributed by atoms with E-state index < -0.39 is 0 Å². The van der Waals surface area contributed by atoms with E-state index in [1.165, 1.54) is 16.0 Å². The number of hydrogen-bond donors (Lipinski definition) is 1. The average Bonchev–Trinajstić information content (AvgIpc) is 2.39. The lowest BCUT2D eigenvalue weighted by Gasteiger charge is -2.12. The van der Waals surface area contributed by atoms with Gasteiger partial charge >= 0.3 is 0 Å². The molecule has 0 aliphatic heterocycles. The predicted molar refractivity (Wildman–Crippen MR) is 83.0 cm³/mol. The summed E-state index contributed by atoms with van der Waals surface area (Å²) >= 11 is 5.23. The van der Waals surface area contributed by atoms with Gasteiger partial charge in [-0.25, -0.2) is 0 Å². The normalized spacial score (nSPS) is 12.4. The highest BCUT2D eigenvalue weighted by molar-refractivity contribution is 9.10. The SMILES string of the molecule is CSc1ccc(C(N)Cc2cccc(Br)c2)cc1. The number of thioether (sulfide) groups is 1. The van der Waals surface area contributed by atoms with Crippen LogP contribution in [0.2, 0.25) is 0 Å². The van der Waals surface area contributed by atoms with E-state index in [0.29, 0.717) is 0 Å². The Kier molecular flexibility index (Phi) is 4.87. The minimum Gasteiger partial charge on any atom is -0.324 e. The van der Waals surface area contributed by atoms with E-state index in [9.17, 15) is 0 Å². The fourth-order valence-corrected chi connectivity index (χ4v) is 2.74. The molecule has 0 amide bonds. The van der Waals surface area contributed by atoms with Crippen molar-refractivity contribution in [2.75, 3.05) is 6.26 Å². The highest BCUT2D eigenvalue weighted by Crippen LogP contribution is 2.21. The lowest BCUT2D eigenvalue weighted by atomic mass is 10.00. The van der Waals surface area contributed by atoms with Gasteiger partial charge in [-0.3, -0.25) is 0 Å². The van der Waals surface area contributed by atoms with Crippen molar-refractivity contribution < 1.29 is 0 Å². The van der Waals surface area contributed by atoms with Gasteiger partial charge in [-0.05, 0) is 48.1 Å². The van der Waals surface area contributed by atoms with E-state index in [-0.39, 0.29) is 6.04 Å². The van der Waals surface area contributed by atoms with Crippen LogP contribution in [-0.2, 0) is 6.42 Å². The van der Waals surface area contributed by atoms with Crippen LogP contribution in [0.4, 0.5) is 0 Å². The second-order valence-electron chi connectivity index (χ2n) is 4.21. The number of benzene rings is 2. The minimum absolute atomic E-state index is 0.0511. The van der Waals surface area contributed by atoms with Crippen molar-refractivity contribution >= 4 is 27.7 Å². The molecule has 2 aromatic carbocycles. The highest BCUT2D eigenvalue weighted by atomic mass is 79.9. The molecule has 94 valence electrons. The van der Waals surface area contributed by atoms with E-state index in [4.69, 9.17) is 5.73 Å². The second-order valence-corrected chi connectivity index (χ2v) is 6.01.